The Morgan fingerprint density at radius 2 is 1.82 bits per heavy atom. The summed E-state index contributed by atoms with van der Waals surface area (Å²) >= 11 is 0. The van der Waals surface area contributed by atoms with E-state index in [1.807, 2.05) is 16.7 Å². The van der Waals surface area contributed by atoms with E-state index in [-0.39, 0.29) is 18.4 Å². The number of ether oxygens (including phenoxy) is 1. The zero-order valence-corrected chi connectivity index (χ0v) is 16.9. The van der Waals surface area contributed by atoms with Gasteiger partial charge in [0, 0.05) is 65.6 Å². The summed E-state index contributed by atoms with van der Waals surface area (Å²) in [5.74, 6) is 0.698. The van der Waals surface area contributed by atoms with Gasteiger partial charge < -0.3 is 24.3 Å². The Labute approximate surface area is 165 Å². The molecular weight excluding hydrogens is 358 g/mol. The highest BCUT2D eigenvalue weighted by Crippen LogP contribution is 2.21. The van der Waals surface area contributed by atoms with Crippen molar-refractivity contribution in [1.29, 1.82) is 0 Å². The highest BCUT2D eigenvalue weighted by atomic mass is 16.5. The molecule has 1 aliphatic rings. The first-order valence-electron chi connectivity index (χ1n) is 9.55. The van der Waals surface area contributed by atoms with Gasteiger partial charge in [0.15, 0.2) is 0 Å². The summed E-state index contributed by atoms with van der Waals surface area (Å²) in [6.45, 7) is 5.55. The van der Waals surface area contributed by atoms with E-state index in [0.717, 1.165) is 50.7 Å². The minimum absolute atomic E-state index is 0.00810. The molecule has 2 aromatic heterocycles. The number of anilines is 1. The van der Waals surface area contributed by atoms with Gasteiger partial charge in [-0.2, -0.15) is 0 Å². The second-order valence-electron chi connectivity index (χ2n) is 7.20. The third-order valence-electron chi connectivity index (χ3n) is 5.10. The normalized spacial score (nSPS) is 15.0. The van der Waals surface area contributed by atoms with Crippen LogP contribution in [-0.2, 0) is 9.53 Å². The SMILES string of the molecule is COCCN1CCN(c2ccc3ccc(C(=O)NCC(=O)N(C)C)cn23)CC1. The molecule has 152 valence electrons. The summed E-state index contributed by atoms with van der Waals surface area (Å²) in [7, 11) is 5.07. The number of likely N-dealkylation sites (N-methyl/N-ethyl adjacent to an activating group) is 1. The number of piperazine rings is 1. The molecule has 1 N–H and O–H groups in total. The third kappa shape index (κ3) is 4.63. The number of amides is 2. The van der Waals surface area contributed by atoms with E-state index in [4.69, 9.17) is 4.74 Å². The monoisotopic (exact) mass is 387 g/mol. The lowest BCUT2D eigenvalue weighted by Gasteiger charge is -2.35. The Bertz CT molecular complexity index is 824. The smallest absolute Gasteiger partial charge is 0.253 e. The van der Waals surface area contributed by atoms with E-state index in [2.05, 4.69) is 27.2 Å². The molecule has 0 atom stereocenters. The Hall–Kier alpha value is -2.58. The molecule has 1 aliphatic heterocycles. The fourth-order valence-electron chi connectivity index (χ4n) is 3.32. The Morgan fingerprint density at radius 1 is 1.11 bits per heavy atom. The average molecular weight is 387 g/mol. The van der Waals surface area contributed by atoms with Crippen LogP contribution >= 0.6 is 0 Å². The Kier molecular flexibility index (Phi) is 6.53. The molecule has 8 nitrogen and oxygen atoms in total. The zero-order chi connectivity index (χ0) is 20.1. The maximum Gasteiger partial charge on any atom is 0.253 e. The van der Waals surface area contributed by atoms with Crippen LogP contribution in [0.2, 0.25) is 0 Å². The van der Waals surface area contributed by atoms with Gasteiger partial charge >= 0.3 is 0 Å². The number of pyridine rings is 1. The lowest BCUT2D eigenvalue weighted by molar-refractivity contribution is -0.127. The van der Waals surface area contributed by atoms with E-state index in [1.54, 1.807) is 27.3 Å². The van der Waals surface area contributed by atoms with Crippen LogP contribution in [0.1, 0.15) is 10.4 Å². The minimum Gasteiger partial charge on any atom is -0.383 e. The topological polar surface area (TPSA) is 69.5 Å². The van der Waals surface area contributed by atoms with Crippen molar-refractivity contribution < 1.29 is 14.3 Å². The highest BCUT2D eigenvalue weighted by molar-refractivity contribution is 5.96. The van der Waals surface area contributed by atoms with Crippen molar-refractivity contribution >= 4 is 23.1 Å². The molecule has 8 heteroatoms. The van der Waals surface area contributed by atoms with Crippen LogP contribution in [0.3, 0.4) is 0 Å². The van der Waals surface area contributed by atoms with E-state index in [0.29, 0.717) is 5.56 Å². The number of nitrogens with one attached hydrogen (secondary N) is 1. The van der Waals surface area contributed by atoms with E-state index >= 15 is 0 Å². The second kappa shape index (κ2) is 9.07. The van der Waals surface area contributed by atoms with Crippen LogP contribution < -0.4 is 10.2 Å². The number of methoxy groups -OCH3 is 1. The van der Waals surface area contributed by atoms with E-state index in [1.165, 1.54) is 4.90 Å². The fraction of sp³-hybridized carbons (Fsp3) is 0.500. The Balaban J connectivity index is 1.69. The largest absolute Gasteiger partial charge is 0.383 e. The number of rotatable bonds is 7. The van der Waals surface area contributed by atoms with Crippen LogP contribution in [0.25, 0.3) is 5.52 Å². The molecule has 0 spiro atoms. The van der Waals surface area contributed by atoms with Gasteiger partial charge in [-0.15, -0.1) is 0 Å². The van der Waals surface area contributed by atoms with Crippen molar-refractivity contribution in [2.75, 3.05) is 72.0 Å². The lowest BCUT2D eigenvalue weighted by Crippen LogP contribution is -2.47. The summed E-state index contributed by atoms with van der Waals surface area (Å²) in [5, 5.41) is 2.69. The molecule has 2 aromatic rings. The van der Waals surface area contributed by atoms with Gasteiger partial charge in [-0.1, -0.05) is 0 Å². The molecule has 0 bridgehead atoms. The second-order valence-corrected chi connectivity index (χ2v) is 7.20. The fourth-order valence-corrected chi connectivity index (χ4v) is 3.32. The van der Waals surface area contributed by atoms with E-state index in [9.17, 15) is 9.59 Å². The lowest BCUT2D eigenvalue weighted by atomic mass is 10.2. The molecule has 0 aromatic carbocycles. The van der Waals surface area contributed by atoms with Crippen LogP contribution in [0.4, 0.5) is 5.82 Å². The number of aromatic nitrogens is 1. The molecular formula is C20H29N5O3. The quantitative estimate of drug-likeness (QED) is 0.750. The minimum atomic E-state index is -0.249. The molecule has 28 heavy (non-hydrogen) atoms. The number of hydrogen-bond donors (Lipinski definition) is 1. The van der Waals surface area contributed by atoms with Crippen molar-refractivity contribution in [3.8, 4) is 0 Å². The third-order valence-corrected chi connectivity index (χ3v) is 5.10. The maximum absolute atomic E-state index is 12.4. The van der Waals surface area contributed by atoms with Crippen LogP contribution in [0, 0.1) is 0 Å². The molecule has 2 amide bonds. The van der Waals surface area contributed by atoms with Crippen molar-refractivity contribution in [3.05, 3.63) is 36.0 Å². The van der Waals surface area contributed by atoms with Gasteiger partial charge in [-0.25, -0.2) is 0 Å². The zero-order valence-electron chi connectivity index (χ0n) is 16.9. The molecule has 3 heterocycles. The van der Waals surface area contributed by atoms with Crippen molar-refractivity contribution in [1.82, 2.24) is 19.5 Å². The van der Waals surface area contributed by atoms with Gasteiger partial charge in [0.25, 0.3) is 5.91 Å². The number of carbonyl (C=O) groups excluding carboxylic acids is 2. The first-order valence-corrected chi connectivity index (χ1v) is 9.55. The number of hydrogen-bond acceptors (Lipinski definition) is 5. The standard InChI is InChI=1S/C20H29N5O3/c1-22(2)19(26)14-21-20(27)16-4-5-17-6-7-18(25(17)15-16)24-10-8-23(9-11-24)12-13-28-3/h4-7,15H,8-14H2,1-3H3,(H,21,27). The predicted molar refractivity (Wildman–Crippen MR) is 109 cm³/mol. The van der Waals surface area contributed by atoms with Crippen molar-refractivity contribution in [2.45, 2.75) is 0 Å². The molecule has 0 saturated carbocycles. The summed E-state index contributed by atoms with van der Waals surface area (Å²) in [5.41, 5.74) is 1.58. The van der Waals surface area contributed by atoms with Crippen LogP contribution in [0.5, 0.6) is 0 Å². The molecule has 0 radical (unpaired) electrons. The summed E-state index contributed by atoms with van der Waals surface area (Å²) < 4.78 is 7.21. The van der Waals surface area contributed by atoms with Crippen LogP contribution in [0.15, 0.2) is 30.5 Å². The average Bonchev–Trinajstić information content (AvgIpc) is 3.13. The molecule has 1 saturated heterocycles. The van der Waals surface area contributed by atoms with E-state index < -0.39 is 0 Å². The van der Waals surface area contributed by atoms with Gasteiger partial charge in [0.1, 0.15) is 5.82 Å². The van der Waals surface area contributed by atoms with Crippen LogP contribution in [-0.4, -0.2) is 93.1 Å². The molecule has 0 aliphatic carbocycles. The molecule has 3 rings (SSSR count). The first-order chi connectivity index (χ1) is 13.5. The highest BCUT2D eigenvalue weighted by Gasteiger charge is 2.19. The summed E-state index contributed by atoms with van der Waals surface area (Å²) in [6.07, 6.45) is 1.84. The van der Waals surface area contributed by atoms with Gasteiger partial charge in [0.05, 0.1) is 18.7 Å². The van der Waals surface area contributed by atoms with Gasteiger partial charge in [-0.05, 0) is 24.3 Å². The first kappa shape index (κ1) is 20.2. The van der Waals surface area contributed by atoms with Crippen molar-refractivity contribution in [3.63, 3.8) is 0 Å². The van der Waals surface area contributed by atoms with Gasteiger partial charge in [0.2, 0.25) is 5.91 Å². The molecule has 1 fully saturated rings. The summed E-state index contributed by atoms with van der Waals surface area (Å²) in [4.78, 5) is 30.3. The summed E-state index contributed by atoms with van der Waals surface area (Å²) in [6, 6.07) is 7.87. The maximum atomic E-state index is 12.4. The number of carbonyl (C=O) groups is 2. The number of nitrogens with zero attached hydrogens (tertiary/aromatic N) is 4. The van der Waals surface area contributed by atoms with Crippen molar-refractivity contribution in [2.24, 2.45) is 0 Å². The Morgan fingerprint density at radius 3 is 2.50 bits per heavy atom. The predicted octanol–water partition coefficient (Wildman–Crippen LogP) is 0.526. The molecule has 0 unspecified atom stereocenters. The number of fused-ring (bicyclic) bond motifs is 1. The van der Waals surface area contributed by atoms with Gasteiger partial charge in [-0.3, -0.25) is 14.5 Å².